The summed E-state index contributed by atoms with van der Waals surface area (Å²) in [5.74, 6) is 1.33. The molecule has 0 spiro atoms. The number of aliphatic hydroxyl groups is 1. The van der Waals surface area contributed by atoms with Gasteiger partial charge in [0.15, 0.2) is 0 Å². The monoisotopic (exact) mass is 276 g/mol. The SMILES string of the molecule is CN(CC1CCCNC1)CC1CCCCC1O.Cl. The minimum atomic E-state index is -0.0457. The lowest BCUT2D eigenvalue weighted by atomic mass is 9.86. The van der Waals surface area contributed by atoms with Crippen molar-refractivity contribution in [3.63, 3.8) is 0 Å². The number of piperidine rings is 1. The summed E-state index contributed by atoms with van der Waals surface area (Å²) in [6.07, 6.45) is 7.40. The van der Waals surface area contributed by atoms with Gasteiger partial charge >= 0.3 is 0 Å². The van der Waals surface area contributed by atoms with Crippen molar-refractivity contribution in [3.8, 4) is 0 Å². The molecule has 0 bridgehead atoms. The lowest BCUT2D eigenvalue weighted by Gasteiger charge is -2.33. The van der Waals surface area contributed by atoms with E-state index >= 15 is 0 Å². The van der Waals surface area contributed by atoms with E-state index in [1.165, 1.54) is 51.7 Å². The van der Waals surface area contributed by atoms with E-state index in [1.807, 2.05) is 0 Å². The molecule has 18 heavy (non-hydrogen) atoms. The van der Waals surface area contributed by atoms with Crippen LogP contribution in [-0.4, -0.2) is 49.3 Å². The molecule has 0 aromatic carbocycles. The van der Waals surface area contributed by atoms with Crippen molar-refractivity contribution < 1.29 is 5.11 Å². The average molecular weight is 277 g/mol. The molecule has 0 amide bonds. The van der Waals surface area contributed by atoms with Gasteiger partial charge in [-0.1, -0.05) is 12.8 Å². The number of aliphatic hydroxyl groups excluding tert-OH is 1. The Bertz CT molecular complexity index is 222. The highest BCUT2D eigenvalue weighted by atomic mass is 35.5. The van der Waals surface area contributed by atoms with Crippen molar-refractivity contribution in [2.75, 3.05) is 33.2 Å². The number of nitrogens with one attached hydrogen (secondary N) is 1. The van der Waals surface area contributed by atoms with Crippen LogP contribution in [0.15, 0.2) is 0 Å². The zero-order valence-corrected chi connectivity index (χ0v) is 12.4. The predicted molar refractivity (Wildman–Crippen MR) is 78.3 cm³/mol. The molecular formula is C14H29ClN2O. The van der Waals surface area contributed by atoms with Crippen LogP contribution in [0, 0.1) is 11.8 Å². The number of hydrogen-bond acceptors (Lipinski definition) is 3. The van der Waals surface area contributed by atoms with E-state index in [-0.39, 0.29) is 18.5 Å². The topological polar surface area (TPSA) is 35.5 Å². The second kappa shape index (κ2) is 8.36. The van der Waals surface area contributed by atoms with Crippen molar-refractivity contribution >= 4 is 12.4 Å². The molecule has 2 rings (SSSR count). The van der Waals surface area contributed by atoms with Crippen LogP contribution >= 0.6 is 12.4 Å². The van der Waals surface area contributed by atoms with Gasteiger partial charge in [0, 0.05) is 13.1 Å². The maximum atomic E-state index is 9.98. The first-order valence-corrected chi connectivity index (χ1v) is 7.33. The lowest BCUT2D eigenvalue weighted by molar-refractivity contribution is 0.0480. The largest absolute Gasteiger partial charge is 0.393 e. The number of halogens is 1. The van der Waals surface area contributed by atoms with Crippen molar-refractivity contribution in [2.24, 2.45) is 11.8 Å². The minimum absolute atomic E-state index is 0. The van der Waals surface area contributed by atoms with Gasteiger partial charge in [-0.15, -0.1) is 12.4 Å². The second-order valence-electron chi connectivity index (χ2n) is 6.05. The van der Waals surface area contributed by atoms with Crippen LogP contribution < -0.4 is 5.32 Å². The molecule has 1 saturated heterocycles. The maximum absolute atomic E-state index is 9.98. The molecule has 1 aliphatic carbocycles. The van der Waals surface area contributed by atoms with Crippen LogP contribution in [0.3, 0.4) is 0 Å². The van der Waals surface area contributed by atoms with E-state index in [2.05, 4.69) is 17.3 Å². The standard InChI is InChI=1S/C14H28N2O.ClH/c1-16(10-12-5-4-8-15-9-12)11-13-6-2-3-7-14(13)17;/h12-15,17H,2-11H2,1H3;1H. The van der Waals surface area contributed by atoms with Crippen molar-refractivity contribution in [1.82, 2.24) is 10.2 Å². The normalized spacial score (nSPS) is 33.2. The summed E-state index contributed by atoms with van der Waals surface area (Å²) >= 11 is 0. The van der Waals surface area contributed by atoms with E-state index < -0.39 is 0 Å². The highest BCUT2D eigenvalue weighted by Crippen LogP contribution is 2.25. The Morgan fingerprint density at radius 1 is 1.11 bits per heavy atom. The van der Waals surface area contributed by atoms with Gasteiger partial charge in [-0.2, -0.15) is 0 Å². The summed E-state index contributed by atoms with van der Waals surface area (Å²) < 4.78 is 0. The van der Waals surface area contributed by atoms with Crippen LogP contribution in [0.4, 0.5) is 0 Å². The number of hydrogen-bond donors (Lipinski definition) is 2. The van der Waals surface area contributed by atoms with Crippen LogP contribution in [0.5, 0.6) is 0 Å². The molecule has 3 atom stereocenters. The van der Waals surface area contributed by atoms with Gasteiger partial charge in [0.1, 0.15) is 0 Å². The summed E-state index contributed by atoms with van der Waals surface area (Å²) in [4.78, 5) is 2.44. The third-order valence-corrected chi connectivity index (χ3v) is 4.38. The highest BCUT2D eigenvalue weighted by Gasteiger charge is 2.25. The Hall–Kier alpha value is 0.170. The van der Waals surface area contributed by atoms with E-state index in [4.69, 9.17) is 0 Å². The summed E-state index contributed by atoms with van der Waals surface area (Å²) in [5.41, 5.74) is 0. The van der Waals surface area contributed by atoms with Gasteiger partial charge in [-0.25, -0.2) is 0 Å². The first-order valence-electron chi connectivity index (χ1n) is 7.33. The van der Waals surface area contributed by atoms with Crippen molar-refractivity contribution in [3.05, 3.63) is 0 Å². The molecule has 0 aromatic heterocycles. The quantitative estimate of drug-likeness (QED) is 0.823. The van der Waals surface area contributed by atoms with Crippen LogP contribution in [0.1, 0.15) is 38.5 Å². The van der Waals surface area contributed by atoms with E-state index in [0.717, 1.165) is 18.9 Å². The van der Waals surface area contributed by atoms with E-state index in [1.54, 1.807) is 0 Å². The predicted octanol–water partition coefficient (Wildman–Crippen LogP) is 1.89. The third kappa shape index (κ3) is 5.04. The number of nitrogens with zero attached hydrogens (tertiary/aromatic N) is 1. The van der Waals surface area contributed by atoms with E-state index in [0.29, 0.717) is 5.92 Å². The maximum Gasteiger partial charge on any atom is 0.0580 e. The zero-order valence-electron chi connectivity index (χ0n) is 11.6. The zero-order chi connectivity index (χ0) is 12.1. The fourth-order valence-corrected chi connectivity index (χ4v) is 3.40. The molecule has 108 valence electrons. The molecule has 3 nitrogen and oxygen atoms in total. The molecule has 0 aromatic rings. The Kier molecular flexibility index (Phi) is 7.54. The molecule has 0 radical (unpaired) electrons. The fraction of sp³-hybridized carbons (Fsp3) is 1.00. The Balaban J connectivity index is 0.00000162. The minimum Gasteiger partial charge on any atom is -0.393 e. The molecule has 1 aliphatic heterocycles. The Morgan fingerprint density at radius 2 is 1.89 bits per heavy atom. The first kappa shape index (κ1) is 16.2. The lowest BCUT2D eigenvalue weighted by Crippen LogP contribution is -2.40. The molecular weight excluding hydrogens is 248 g/mol. The second-order valence-corrected chi connectivity index (χ2v) is 6.05. The average Bonchev–Trinajstić information content (AvgIpc) is 2.33. The molecule has 2 N–H and O–H groups in total. The molecule has 1 heterocycles. The fourth-order valence-electron chi connectivity index (χ4n) is 3.40. The van der Waals surface area contributed by atoms with Crippen LogP contribution in [-0.2, 0) is 0 Å². The van der Waals surface area contributed by atoms with Crippen LogP contribution in [0.25, 0.3) is 0 Å². The summed E-state index contributed by atoms with van der Waals surface area (Å²) in [7, 11) is 2.22. The molecule has 4 heteroatoms. The van der Waals surface area contributed by atoms with E-state index in [9.17, 15) is 5.11 Å². The summed E-state index contributed by atoms with van der Waals surface area (Å²) in [5, 5.41) is 13.5. The molecule has 1 saturated carbocycles. The van der Waals surface area contributed by atoms with Gasteiger partial charge in [-0.3, -0.25) is 0 Å². The van der Waals surface area contributed by atoms with Gasteiger partial charge in [0.2, 0.25) is 0 Å². The molecule has 3 unspecified atom stereocenters. The van der Waals surface area contributed by atoms with Crippen molar-refractivity contribution in [1.29, 1.82) is 0 Å². The van der Waals surface area contributed by atoms with Crippen LogP contribution in [0.2, 0.25) is 0 Å². The van der Waals surface area contributed by atoms with Gasteiger partial charge in [0.05, 0.1) is 6.10 Å². The van der Waals surface area contributed by atoms with Crippen molar-refractivity contribution in [2.45, 2.75) is 44.6 Å². The summed E-state index contributed by atoms with van der Waals surface area (Å²) in [6.45, 7) is 4.65. The van der Waals surface area contributed by atoms with Gasteiger partial charge in [-0.05, 0) is 57.7 Å². The molecule has 2 aliphatic rings. The molecule has 2 fully saturated rings. The Morgan fingerprint density at radius 3 is 2.56 bits per heavy atom. The van der Waals surface area contributed by atoms with Gasteiger partial charge in [0.25, 0.3) is 0 Å². The smallest absolute Gasteiger partial charge is 0.0580 e. The summed E-state index contributed by atoms with van der Waals surface area (Å²) in [6, 6.07) is 0. The highest BCUT2D eigenvalue weighted by molar-refractivity contribution is 5.85. The first-order chi connectivity index (χ1) is 8.25. The third-order valence-electron chi connectivity index (χ3n) is 4.38. The van der Waals surface area contributed by atoms with Gasteiger partial charge < -0.3 is 15.3 Å². The number of rotatable bonds is 4. The Labute approximate surface area is 118 Å².